The summed E-state index contributed by atoms with van der Waals surface area (Å²) in [5.74, 6) is 0. The van der Waals surface area contributed by atoms with Crippen LogP contribution in [0.3, 0.4) is 0 Å². The smallest absolute Gasteiger partial charge is 0.0905 e. The van der Waals surface area contributed by atoms with Crippen LogP contribution < -0.4 is 0 Å². The molecule has 1 heteroatoms. The number of unbranched alkanes of at least 4 members (excludes halogenated alkanes) is 3. The summed E-state index contributed by atoms with van der Waals surface area (Å²) >= 11 is 0. The van der Waals surface area contributed by atoms with Crippen molar-refractivity contribution in [2.45, 2.75) is 78.6 Å². The SMILES string of the molecule is C=CC#N.CCCCC(CCCC)=C(CCCC)c1ccccc1. The van der Waals surface area contributed by atoms with Gasteiger partial charge in [-0.25, -0.2) is 0 Å². The summed E-state index contributed by atoms with van der Waals surface area (Å²) in [6.45, 7) is 10.0. The number of nitrogens with zero attached hydrogens (tertiary/aromatic N) is 1. The number of allylic oxidation sites excluding steroid dienone is 3. The zero-order chi connectivity index (χ0) is 18.0. The molecular weight excluding hydrogens is 290 g/mol. The molecule has 132 valence electrons. The average Bonchev–Trinajstić information content (AvgIpc) is 2.64. The van der Waals surface area contributed by atoms with Gasteiger partial charge in [-0.05, 0) is 49.7 Å². The topological polar surface area (TPSA) is 23.8 Å². The zero-order valence-corrected chi connectivity index (χ0v) is 16.0. The van der Waals surface area contributed by atoms with Gasteiger partial charge in [0.1, 0.15) is 0 Å². The third kappa shape index (κ3) is 10.1. The lowest BCUT2D eigenvalue weighted by Gasteiger charge is -2.16. The first kappa shape index (κ1) is 22.2. The molecule has 1 aromatic rings. The predicted molar refractivity (Wildman–Crippen MR) is 108 cm³/mol. The third-order valence-electron chi connectivity index (χ3n) is 4.08. The van der Waals surface area contributed by atoms with E-state index < -0.39 is 0 Å². The van der Waals surface area contributed by atoms with E-state index in [0.717, 1.165) is 0 Å². The number of rotatable bonds is 10. The van der Waals surface area contributed by atoms with Crippen LogP contribution in [0, 0.1) is 11.3 Å². The molecule has 0 saturated heterocycles. The van der Waals surface area contributed by atoms with Crippen LogP contribution in [0.5, 0.6) is 0 Å². The molecule has 0 aliphatic rings. The van der Waals surface area contributed by atoms with Crippen LogP contribution in [-0.4, -0.2) is 0 Å². The van der Waals surface area contributed by atoms with E-state index in [0.29, 0.717) is 0 Å². The summed E-state index contributed by atoms with van der Waals surface area (Å²) in [4.78, 5) is 0. The highest BCUT2D eigenvalue weighted by Gasteiger charge is 2.09. The van der Waals surface area contributed by atoms with Crippen LogP contribution in [0.4, 0.5) is 0 Å². The molecular formula is C23H35N. The van der Waals surface area contributed by atoms with Crippen molar-refractivity contribution in [1.29, 1.82) is 5.26 Å². The first-order chi connectivity index (χ1) is 11.7. The van der Waals surface area contributed by atoms with Gasteiger partial charge >= 0.3 is 0 Å². The normalized spacial score (nSPS) is 9.42. The summed E-state index contributed by atoms with van der Waals surface area (Å²) in [7, 11) is 0. The molecule has 0 radical (unpaired) electrons. The van der Waals surface area contributed by atoms with Gasteiger partial charge in [0, 0.05) is 6.08 Å². The van der Waals surface area contributed by atoms with Gasteiger partial charge in [0.25, 0.3) is 0 Å². The second kappa shape index (κ2) is 16.1. The molecule has 0 unspecified atom stereocenters. The third-order valence-corrected chi connectivity index (χ3v) is 4.08. The number of benzene rings is 1. The Labute approximate surface area is 150 Å². The van der Waals surface area contributed by atoms with Gasteiger partial charge in [-0.15, -0.1) is 0 Å². The molecule has 1 aromatic carbocycles. The monoisotopic (exact) mass is 325 g/mol. The van der Waals surface area contributed by atoms with Gasteiger partial charge in [0.15, 0.2) is 0 Å². The van der Waals surface area contributed by atoms with Crippen LogP contribution in [0.1, 0.15) is 84.1 Å². The highest BCUT2D eigenvalue weighted by atomic mass is 14.2. The largest absolute Gasteiger partial charge is 0.193 e. The second-order valence-corrected chi connectivity index (χ2v) is 6.09. The summed E-state index contributed by atoms with van der Waals surface area (Å²) in [6.07, 6.45) is 12.9. The van der Waals surface area contributed by atoms with Crippen molar-refractivity contribution in [3.05, 3.63) is 54.1 Å². The van der Waals surface area contributed by atoms with E-state index in [4.69, 9.17) is 5.26 Å². The molecule has 24 heavy (non-hydrogen) atoms. The van der Waals surface area contributed by atoms with Gasteiger partial charge in [0.05, 0.1) is 6.07 Å². The molecule has 0 heterocycles. The van der Waals surface area contributed by atoms with Crippen molar-refractivity contribution >= 4 is 5.57 Å². The van der Waals surface area contributed by atoms with Crippen molar-refractivity contribution in [2.24, 2.45) is 0 Å². The highest BCUT2D eigenvalue weighted by molar-refractivity contribution is 5.68. The van der Waals surface area contributed by atoms with Gasteiger partial charge in [-0.2, -0.15) is 5.26 Å². The molecule has 0 fully saturated rings. The molecule has 0 spiro atoms. The van der Waals surface area contributed by atoms with Gasteiger partial charge < -0.3 is 0 Å². The minimum Gasteiger partial charge on any atom is -0.193 e. The molecule has 0 atom stereocenters. The van der Waals surface area contributed by atoms with E-state index in [-0.39, 0.29) is 0 Å². The van der Waals surface area contributed by atoms with Gasteiger partial charge in [-0.3, -0.25) is 0 Å². The molecule has 0 aliphatic carbocycles. The van der Waals surface area contributed by atoms with E-state index in [1.165, 1.54) is 69.4 Å². The van der Waals surface area contributed by atoms with Crippen molar-refractivity contribution in [1.82, 2.24) is 0 Å². The van der Waals surface area contributed by atoms with Gasteiger partial charge in [0.2, 0.25) is 0 Å². The quantitative estimate of drug-likeness (QED) is 0.404. The molecule has 0 N–H and O–H groups in total. The first-order valence-corrected chi connectivity index (χ1v) is 9.51. The molecule has 0 saturated carbocycles. The molecule has 0 aromatic heterocycles. The lowest BCUT2D eigenvalue weighted by molar-refractivity contribution is 0.707. The summed E-state index contributed by atoms with van der Waals surface area (Å²) in [6, 6.07) is 12.8. The molecule has 0 aliphatic heterocycles. The van der Waals surface area contributed by atoms with Crippen LogP contribution in [0.25, 0.3) is 5.57 Å². The molecule has 0 bridgehead atoms. The van der Waals surface area contributed by atoms with E-state index in [1.54, 1.807) is 17.2 Å². The van der Waals surface area contributed by atoms with Crippen molar-refractivity contribution in [3.8, 4) is 6.07 Å². The Balaban J connectivity index is 0.00000118. The Bertz CT molecular complexity index is 481. The standard InChI is InChI=1S/C20H32.C3H3N/c1-4-7-13-18(14-8-5-2)20(17-9-6-3)19-15-11-10-12-16-19;1-2-3-4/h10-12,15-16H,4-9,13-14,17H2,1-3H3;2H,1H2. The molecule has 0 amide bonds. The molecule has 1 nitrogen and oxygen atoms in total. The summed E-state index contributed by atoms with van der Waals surface area (Å²) in [5, 5.41) is 7.51. The van der Waals surface area contributed by atoms with Crippen molar-refractivity contribution in [2.75, 3.05) is 0 Å². The fraction of sp³-hybridized carbons (Fsp3) is 0.522. The number of hydrogen-bond acceptors (Lipinski definition) is 1. The Morgan fingerprint density at radius 3 is 1.79 bits per heavy atom. The first-order valence-electron chi connectivity index (χ1n) is 9.51. The van der Waals surface area contributed by atoms with E-state index in [2.05, 4.69) is 57.7 Å². The lowest BCUT2D eigenvalue weighted by atomic mass is 9.89. The van der Waals surface area contributed by atoms with E-state index >= 15 is 0 Å². The van der Waals surface area contributed by atoms with Crippen molar-refractivity contribution < 1.29 is 0 Å². The Hall–Kier alpha value is -1.81. The zero-order valence-electron chi connectivity index (χ0n) is 16.0. The van der Waals surface area contributed by atoms with Crippen LogP contribution in [0.15, 0.2) is 48.6 Å². The minimum atomic E-state index is 1.18. The fourth-order valence-corrected chi connectivity index (χ4v) is 2.73. The van der Waals surface area contributed by atoms with Gasteiger partial charge in [-0.1, -0.05) is 82.5 Å². The lowest BCUT2D eigenvalue weighted by Crippen LogP contribution is -1.95. The maximum absolute atomic E-state index is 7.51. The van der Waals surface area contributed by atoms with Crippen LogP contribution >= 0.6 is 0 Å². The maximum Gasteiger partial charge on any atom is 0.0905 e. The average molecular weight is 326 g/mol. The van der Waals surface area contributed by atoms with Crippen LogP contribution in [0.2, 0.25) is 0 Å². The Morgan fingerprint density at radius 2 is 1.38 bits per heavy atom. The number of nitriles is 1. The summed E-state index contributed by atoms with van der Waals surface area (Å²) < 4.78 is 0. The summed E-state index contributed by atoms with van der Waals surface area (Å²) in [5.41, 5.74) is 4.84. The maximum atomic E-state index is 7.51. The predicted octanol–water partition coefficient (Wildman–Crippen LogP) is 7.71. The minimum absolute atomic E-state index is 1.18. The van der Waals surface area contributed by atoms with Crippen molar-refractivity contribution in [3.63, 3.8) is 0 Å². The van der Waals surface area contributed by atoms with Crippen LogP contribution in [-0.2, 0) is 0 Å². The highest BCUT2D eigenvalue weighted by Crippen LogP contribution is 2.30. The molecule has 1 rings (SSSR count). The Morgan fingerprint density at radius 1 is 0.917 bits per heavy atom. The van der Waals surface area contributed by atoms with E-state index in [9.17, 15) is 0 Å². The Kier molecular flexibility index (Phi) is 14.9. The van der Waals surface area contributed by atoms with E-state index in [1.807, 2.05) is 0 Å². The second-order valence-electron chi connectivity index (χ2n) is 6.09. The fourth-order valence-electron chi connectivity index (χ4n) is 2.73. The number of hydrogen-bond donors (Lipinski definition) is 0.